The topological polar surface area (TPSA) is 121 Å². The number of hydrogen-bond acceptors (Lipinski definition) is 7. The lowest BCUT2D eigenvalue weighted by atomic mass is 10.1. The summed E-state index contributed by atoms with van der Waals surface area (Å²) in [6, 6.07) is 19.7. The number of carbonyl (C=O) groups excluding carboxylic acids is 4. The Kier molecular flexibility index (Phi) is 8.57. The molecule has 1 N–H and O–H groups in total. The van der Waals surface area contributed by atoms with Crippen LogP contribution in [0.4, 0.5) is 16.3 Å². The van der Waals surface area contributed by atoms with Gasteiger partial charge in [0.05, 0.1) is 0 Å². The minimum absolute atomic E-state index is 0.00358. The third kappa shape index (κ3) is 7.16. The van der Waals surface area contributed by atoms with Gasteiger partial charge in [-0.3, -0.25) is 19.7 Å². The number of amides is 4. The van der Waals surface area contributed by atoms with Crippen LogP contribution in [0, 0.1) is 5.41 Å². The van der Waals surface area contributed by atoms with Gasteiger partial charge in [-0.05, 0) is 87.1 Å². The van der Waals surface area contributed by atoms with Crippen molar-refractivity contribution in [3.05, 3.63) is 78.5 Å². The molecule has 0 radical (unpaired) electrons. The standard InChI is InChI=1S/C33H37N5O6/c1-32(2,3)44-31(42)35-28-15-10-23(18-34-28)19-37(22-40)29-17-33(4)16-27(33)38(29)30(41)20-36(21-39)24-11-13-26(14-12-24)43-25-8-6-5-7-9-25/h5-15,18,21-22,27,29H,16-17,19-20H2,1-4H3,(H,34,35,42)/t27-,29-,33-/m0/s1. The molecule has 44 heavy (non-hydrogen) atoms. The van der Waals surface area contributed by atoms with Crippen LogP contribution in [0.5, 0.6) is 11.5 Å². The average Bonchev–Trinajstić information content (AvgIpc) is 3.55. The Morgan fingerprint density at radius 2 is 1.70 bits per heavy atom. The average molecular weight is 600 g/mol. The summed E-state index contributed by atoms with van der Waals surface area (Å²) in [7, 11) is 0. The summed E-state index contributed by atoms with van der Waals surface area (Å²) < 4.78 is 11.1. The Balaban J connectivity index is 1.23. The normalized spacial score (nSPS) is 20.2. The monoisotopic (exact) mass is 599 g/mol. The molecule has 1 saturated carbocycles. The number of nitrogens with one attached hydrogen (secondary N) is 1. The highest BCUT2D eigenvalue weighted by atomic mass is 16.6. The molecule has 2 aromatic carbocycles. The summed E-state index contributed by atoms with van der Waals surface area (Å²) in [5.41, 5.74) is 0.573. The summed E-state index contributed by atoms with van der Waals surface area (Å²) in [6.07, 6.45) is 3.37. The van der Waals surface area contributed by atoms with Crippen LogP contribution in [-0.2, 0) is 25.7 Å². The number of rotatable bonds is 11. The van der Waals surface area contributed by atoms with E-state index in [9.17, 15) is 19.2 Å². The van der Waals surface area contributed by atoms with Gasteiger partial charge in [0.2, 0.25) is 18.7 Å². The van der Waals surface area contributed by atoms with Gasteiger partial charge in [-0.25, -0.2) is 9.78 Å². The second kappa shape index (κ2) is 12.4. The first-order chi connectivity index (χ1) is 21.0. The predicted octanol–water partition coefficient (Wildman–Crippen LogP) is 5.18. The van der Waals surface area contributed by atoms with Crippen LogP contribution < -0.4 is 15.0 Å². The molecule has 1 aliphatic heterocycles. The molecule has 1 aromatic heterocycles. The van der Waals surface area contributed by atoms with Crippen molar-refractivity contribution >= 4 is 36.3 Å². The van der Waals surface area contributed by atoms with Crippen molar-refractivity contribution < 1.29 is 28.7 Å². The fourth-order valence-electron chi connectivity index (χ4n) is 5.55. The fraction of sp³-hybridized carbons (Fsp3) is 0.364. The van der Waals surface area contributed by atoms with Crippen molar-refractivity contribution in [3.8, 4) is 11.5 Å². The zero-order chi connectivity index (χ0) is 31.5. The van der Waals surface area contributed by atoms with E-state index < -0.39 is 17.9 Å². The van der Waals surface area contributed by atoms with Crippen LogP contribution in [0.2, 0.25) is 0 Å². The van der Waals surface area contributed by atoms with Crippen molar-refractivity contribution in [2.75, 3.05) is 16.8 Å². The lowest BCUT2D eigenvalue weighted by Crippen LogP contribution is -2.51. The number of nitrogens with zero attached hydrogens (tertiary/aromatic N) is 4. The fourth-order valence-corrected chi connectivity index (χ4v) is 5.55. The van der Waals surface area contributed by atoms with E-state index in [0.717, 1.165) is 18.4 Å². The highest BCUT2D eigenvalue weighted by molar-refractivity contribution is 5.90. The number of ether oxygens (including phenoxy) is 2. The van der Waals surface area contributed by atoms with Crippen LogP contribution in [-0.4, -0.2) is 64.0 Å². The quantitative estimate of drug-likeness (QED) is 0.302. The molecule has 3 atom stereocenters. The number of pyridine rings is 1. The summed E-state index contributed by atoms with van der Waals surface area (Å²) in [4.78, 5) is 59.1. The second-order valence-electron chi connectivity index (χ2n) is 12.5. The molecular weight excluding hydrogens is 562 g/mol. The number of anilines is 2. The molecule has 3 aromatic rings. The van der Waals surface area contributed by atoms with E-state index in [0.29, 0.717) is 35.8 Å². The van der Waals surface area contributed by atoms with Crippen LogP contribution >= 0.6 is 0 Å². The first kappa shape index (κ1) is 30.5. The second-order valence-corrected chi connectivity index (χ2v) is 12.5. The van der Waals surface area contributed by atoms with Crippen LogP contribution in [0.15, 0.2) is 72.9 Å². The molecule has 4 amide bonds. The Labute approximate surface area is 256 Å². The largest absolute Gasteiger partial charge is 0.457 e. The van der Waals surface area contributed by atoms with Crippen molar-refractivity contribution in [1.29, 1.82) is 0 Å². The highest BCUT2D eigenvalue weighted by Crippen LogP contribution is 2.59. The van der Waals surface area contributed by atoms with E-state index in [2.05, 4.69) is 17.2 Å². The van der Waals surface area contributed by atoms with Crippen molar-refractivity contribution in [3.63, 3.8) is 0 Å². The van der Waals surface area contributed by atoms with Crippen molar-refractivity contribution in [1.82, 2.24) is 14.8 Å². The molecule has 1 saturated heterocycles. The maximum Gasteiger partial charge on any atom is 0.413 e. The van der Waals surface area contributed by atoms with Gasteiger partial charge >= 0.3 is 6.09 Å². The van der Waals surface area contributed by atoms with E-state index >= 15 is 0 Å². The first-order valence-corrected chi connectivity index (χ1v) is 14.5. The number of carbonyl (C=O) groups is 4. The van der Waals surface area contributed by atoms with Gasteiger partial charge < -0.3 is 24.2 Å². The number of fused-ring (bicyclic) bond motifs is 1. The molecule has 230 valence electrons. The molecule has 0 unspecified atom stereocenters. The number of aromatic nitrogens is 1. The van der Waals surface area contributed by atoms with Gasteiger partial charge in [0, 0.05) is 24.5 Å². The maximum atomic E-state index is 13.7. The number of likely N-dealkylation sites (tertiary alicyclic amines) is 1. The number of piperidine rings is 1. The molecule has 5 rings (SSSR count). The van der Waals surface area contributed by atoms with Gasteiger partial charge in [-0.1, -0.05) is 31.2 Å². The molecule has 2 heterocycles. The highest BCUT2D eigenvalue weighted by Gasteiger charge is 2.64. The SMILES string of the molecule is CC(C)(C)OC(=O)Nc1ccc(CN(C=O)[C@@H]2C[C@]3(C)C[C@@H]3N2C(=O)CN(C=O)c2ccc(Oc3ccccc3)cc2)cn1. The van der Waals surface area contributed by atoms with Gasteiger partial charge in [-0.15, -0.1) is 0 Å². The van der Waals surface area contributed by atoms with E-state index in [1.165, 1.54) is 4.90 Å². The van der Waals surface area contributed by atoms with Crippen LogP contribution in [0.1, 0.15) is 46.1 Å². The minimum atomic E-state index is -0.638. The predicted molar refractivity (Wildman–Crippen MR) is 164 cm³/mol. The van der Waals surface area contributed by atoms with Gasteiger partial charge in [0.25, 0.3) is 0 Å². The third-order valence-electron chi connectivity index (χ3n) is 7.81. The lowest BCUT2D eigenvalue weighted by Gasteiger charge is -2.35. The molecule has 2 fully saturated rings. The Bertz CT molecular complexity index is 1490. The maximum absolute atomic E-state index is 13.7. The van der Waals surface area contributed by atoms with Crippen LogP contribution in [0.3, 0.4) is 0 Å². The zero-order valence-electron chi connectivity index (χ0n) is 25.3. The summed E-state index contributed by atoms with van der Waals surface area (Å²) in [5.74, 6) is 1.38. The minimum Gasteiger partial charge on any atom is -0.457 e. The number of hydrogen-bond donors (Lipinski definition) is 1. The molecular formula is C33H37N5O6. The van der Waals surface area contributed by atoms with Gasteiger partial charge in [0.15, 0.2) is 0 Å². The number of para-hydroxylation sites is 1. The molecule has 2 aliphatic rings. The Morgan fingerprint density at radius 3 is 2.32 bits per heavy atom. The molecule has 1 aliphatic carbocycles. The van der Waals surface area contributed by atoms with Gasteiger partial charge in [0.1, 0.15) is 35.6 Å². The van der Waals surface area contributed by atoms with Crippen LogP contribution in [0.25, 0.3) is 0 Å². The molecule has 11 nitrogen and oxygen atoms in total. The Morgan fingerprint density at radius 1 is 1.00 bits per heavy atom. The van der Waals surface area contributed by atoms with E-state index in [1.807, 2.05) is 30.3 Å². The number of benzene rings is 2. The first-order valence-electron chi connectivity index (χ1n) is 14.5. The molecule has 0 spiro atoms. The summed E-state index contributed by atoms with van der Waals surface area (Å²) in [6.45, 7) is 7.49. The zero-order valence-corrected chi connectivity index (χ0v) is 25.3. The Hall–Kier alpha value is -4.93. The van der Waals surface area contributed by atoms with E-state index in [-0.39, 0.29) is 30.5 Å². The summed E-state index contributed by atoms with van der Waals surface area (Å²) >= 11 is 0. The molecule has 11 heteroatoms. The van der Waals surface area contributed by atoms with Crippen molar-refractivity contribution in [2.24, 2.45) is 5.41 Å². The van der Waals surface area contributed by atoms with E-state index in [1.54, 1.807) is 73.2 Å². The van der Waals surface area contributed by atoms with E-state index in [4.69, 9.17) is 9.47 Å². The molecule has 0 bridgehead atoms. The summed E-state index contributed by atoms with van der Waals surface area (Å²) in [5, 5.41) is 2.59. The third-order valence-corrected chi connectivity index (χ3v) is 7.81. The smallest absolute Gasteiger partial charge is 0.413 e. The van der Waals surface area contributed by atoms with Gasteiger partial charge in [-0.2, -0.15) is 0 Å². The van der Waals surface area contributed by atoms with Crippen molar-refractivity contribution in [2.45, 2.75) is 64.9 Å². The lowest BCUT2D eigenvalue weighted by molar-refractivity contribution is -0.139.